The Kier molecular flexibility index (Phi) is 6.61. The summed E-state index contributed by atoms with van der Waals surface area (Å²) in [6.07, 6.45) is 6.21. The third kappa shape index (κ3) is 4.29. The van der Waals surface area contributed by atoms with E-state index >= 15 is 0 Å². The maximum Gasteiger partial charge on any atom is 0.414 e. The first-order valence-corrected chi connectivity index (χ1v) is 11.4. The molecule has 1 fully saturated rings. The van der Waals surface area contributed by atoms with E-state index in [9.17, 15) is 9.59 Å². The fraction of sp³-hybridized carbons (Fsp3) is 0.455. The number of anilines is 1. The number of carbonyl (C=O) groups is 2. The van der Waals surface area contributed by atoms with Crippen molar-refractivity contribution in [1.82, 2.24) is 14.8 Å². The van der Waals surface area contributed by atoms with Crippen molar-refractivity contribution in [3.05, 3.63) is 40.6 Å². The molecule has 0 radical (unpaired) electrons. The summed E-state index contributed by atoms with van der Waals surface area (Å²) in [5, 5.41) is 4.70. The van der Waals surface area contributed by atoms with Crippen LogP contribution in [-0.4, -0.2) is 52.0 Å². The Morgan fingerprint density at radius 2 is 2.16 bits per heavy atom. The zero-order chi connectivity index (χ0) is 22.8. The molecule has 1 aliphatic heterocycles. The molecule has 10 heteroatoms. The lowest BCUT2D eigenvalue weighted by molar-refractivity contribution is 0.00468. The van der Waals surface area contributed by atoms with E-state index in [1.807, 2.05) is 0 Å². The summed E-state index contributed by atoms with van der Waals surface area (Å²) in [5.74, 6) is -0.311. The summed E-state index contributed by atoms with van der Waals surface area (Å²) in [6, 6.07) is 1.54. The molecule has 1 aliphatic rings. The molecule has 9 nitrogen and oxygen atoms in total. The van der Waals surface area contributed by atoms with E-state index in [2.05, 4.69) is 32.9 Å². The fourth-order valence-electron chi connectivity index (χ4n) is 4.02. The molecule has 4 heterocycles. The Morgan fingerprint density at radius 3 is 2.84 bits per heavy atom. The molecule has 0 saturated carbocycles. The van der Waals surface area contributed by atoms with Crippen LogP contribution in [0.5, 0.6) is 0 Å². The number of aromatic nitrogens is 3. The quantitative estimate of drug-likeness (QED) is 0.360. The van der Waals surface area contributed by atoms with Crippen LogP contribution < -0.4 is 4.90 Å². The number of hydrogen-bond donors (Lipinski definition) is 0. The summed E-state index contributed by atoms with van der Waals surface area (Å²) in [5.41, 5.74) is 1.16. The highest BCUT2D eigenvalue weighted by Crippen LogP contribution is 2.39. The number of fused-ring (bicyclic) bond motifs is 1. The molecule has 0 aromatic carbocycles. The summed E-state index contributed by atoms with van der Waals surface area (Å²) < 4.78 is 19.3. The number of amides is 1. The van der Waals surface area contributed by atoms with Crippen molar-refractivity contribution < 1.29 is 23.5 Å². The first-order chi connectivity index (χ1) is 15.4. The SMILES string of the molecule is CCOC(=O)N(c1c(C(=O)c2cnn(C)c2)oc2cnc(Br)cc12)C1CCOC(CC)C1. The minimum Gasteiger partial charge on any atom is -0.449 e. The van der Waals surface area contributed by atoms with Gasteiger partial charge >= 0.3 is 6.09 Å². The smallest absolute Gasteiger partial charge is 0.414 e. The number of halogens is 1. The molecule has 0 N–H and O–H groups in total. The van der Waals surface area contributed by atoms with Gasteiger partial charge in [0.1, 0.15) is 10.3 Å². The Labute approximate surface area is 193 Å². The molecule has 1 saturated heterocycles. The first-order valence-electron chi connectivity index (χ1n) is 10.6. The fourth-order valence-corrected chi connectivity index (χ4v) is 4.35. The number of rotatable bonds is 6. The van der Waals surface area contributed by atoms with Gasteiger partial charge in [-0.2, -0.15) is 5.10 Å². The van der Waals surface area contributed by atoms with Gasteiger partial charge in [-0.05, 0) is 48.2 Å². The summed E-state index contributed by atoms with van der Waals surface area (Å²) >= 11 is 3.39. The molecular weight excluding hydrogens is 480 g/mol. The third-order valence-electron chi connectivity index (χ3n) is 5.56. The van der Waals surface area contributed by atoms with Gasteiger partial charge in [0, 0.05) is 31.3 Å². The highest BCUT2D eigenvalue weighted by molar-refractivity contribution is 9.10. The number of aryl methyl sites for hydroxylation is 1. The van der Waals surface area contributed by atoms with E-state index in [1.54, 1.807) is 35.8 Å². The van der Waals surface area contributed by atoms with Crippen molar-refractivity contribution in [2.24, 2.45) is 7.05 Å². The molecular formula is C22H25BrN4O5. The van der Waals surface area contributed by atoms with Crippen LogP contribution in [0.25, 0.3) is 11.0 Å². The maximum atomic E-state index is 13.4. The topological polar surface area (TPSA) is 99.7 Å². The van der Waals surface area contributed by atoms with Crippen LogP contribution in [-0.2, 0) is 16.5 Å². The molecule has 2 atom stereocenters. The number of pyridine rings is 1. The summed E-state index contributed by atoms with van der Waals surface area (Å²) in [6.45, 7) is 4.54. The monoisotopic (exact) mass is 504 g/mol. The van der Waals surface area contributed by atoms with Gasteiger partial charge in [-0.1, -0.05) is 6.92 Å². The standard InChI is InChI=1S/C22H25BrN4O5/c1-4-15-8-14(6-7-31-15)27(22(29)30-5-2)19-16-9-18(23)24-11-17(16)32-21(19)20(28)13-10-25-26(3)12-13/h9-12,14-15H,4-8H2,1-3H3. The normalized spacial score (nSPS) is 18.6. The first kappa shape index (κ1) is 22.5. The number of carbonyl (C=O) groups excluding carboxylic acids is 2. The highest BCUT2D eigenvalue weighted by atomic mass is 79.9. The predicted octanol–water partition coefficient (Wildman–Crippen LogP) is 4.48. The molecule has 0 aliphatic carbocycles. The van der Waals surface area contributed by atoms with Crippen LogP contribution >= 0.6 is 15.9 Å². The Hall–Kier alpha value is -2.72. The van der Waals surface area contributed by atoms with E-state index < -0.39 is 6.09 Å². The van der Waals surface area contributed by atoms with Crippen molar-refractivity contribution in [3.63, 3.8) is 0 Å². The second-order valence-corrected chi connectivity index (χ2v) is 8.48. The maximum absolute atomic E-state index is 13.4. The van der Waals surface area contributed by atoms with Crippen LogP contribution in [0.1, 0.15) is 49.2 Å². The van der Waals surface area contributed by atoms with Gasteiger partial charge in [0.2, 0.25) is 5.78 Å². The lowest BCUT2D eigenvalue weighted by Gasteiger charge is -2.36. The average molecular weight is 505 g/mol. The van der Waals surface area contributed by atoms with Gasteiger partial charge in [0.15, 0.2) is 11.3 Å². The molecule has 170 valence electrons. The van der Waals surface area contributed by atoms with E-state index in [0.717, 1.165) is 6.42 Å². The van der Waals surface area contributed by atoms with Crippen LogP contribution in [0.2, 0.25) is 0 Å². The van der Waals surface area contributed by atoms with Crippen molar-refractivity contribution in [2.45, 2.75) is 45.3 Å². The third-order valence-corrected chi connectivity index (χ3v) is 5.99. The van der Waals surface area contributed by atoms with Crippen LogP contribution in [0, 0.1) is 0 Å². The number of furan rings is 1. The Balaban J connectivity index is 1.90. The zero-order valence-electron chi connectivity index (χ0n) is 18.2. The molecule has 0 bridgehead atoms. The number of ether oxygens (including phenoxy) is 2. The van der Waals surface area contributed by atoms with E-state index in [-0.39, 0.29) is 30.3 Å². The predicted molar refractivity (Wildman–Crippen MR) is 121 cm³/mol. The van der Waals surface area contributed by atoms with Crippen molar-refractivity contribution in [2.75, 3.05) is 18.1 Å². The lowest BCUT2D eigenvalue weighted by Crippen LogP contribution is -2.46. The van der Waals surface area contributed by atoms with Gasteiger partial charge in [-0.25, -0.2) is 9.78 Å². The minimum absolute atomic E-state index is 0.0229. The largest absolute Gasteiger partial charge is 0.449 e. The molecule has 0 spiro atoms. The number of ketones is 1. The van der Waals surface area contributed by atoms with Crippen LogP contribution in [0.3, 0.4) is 0 Å². The lowest BCUT2D eigenvalue weighted by atomic mass is 9.98. The second kappa shape index (κ2) is 9.41. The highest BCUT2D eigenvalue weighted by Gasteiger charge is 2.37. The average Bonchev–Trinajstić information content (AvgIpc) is 3.38. The second-order valence-electron chi connectivity index (χ2n) is 7.66. The Bertz CT molecular complexity index is 1140. The van der Waals surface area contributed by atoms with E-state index in [1.165, 1.54) is 12.4 Å². The number of nitrogens with zero attached hydrogens (tertiary/aromatic N) is 4. The molecule has 32 heavy (non-hydrogen) atoms. The summed E-state index contributed by atoms with van der Waals surface area (Å²) in [7, 11) is 1.73. The van der Waals surface area contributed by atoms with Gasteiger partial charge in [0.05, 0.1) is 30.7 Å². The van der Waals surface area contributed by atoms with E-state index in [4.69, 9.17) is 13.9 Å². The molecule has 4 rings (SSSR count). The summed E-state index contributed by atoms with van der Waals surface area (Å²) in [4.78, 5) is 32.5. The van der Waals surface area contributed by atoms with Crippen LogP contribution in [0.4, 0.5) is 10.5 Å². The minimum atomic E-state index is -0.523. The molecule has 1 amide bonds. The molecule has 2 unspecified atom stereocenters. The van der Waals surface area contributed by atoms with Gasteiger partial charge < -0.3 is 13.9 Å². The van der Waals surface area contributed by atoms with E-state index in [0.29, 0.717) is 46.3 Å². The van der Waals surface area contributed by atoms with Crippen molar-refractivity contribution in [1.29, 1.82) is 0 Å². The van der Waals surface area contributed by atoms with Crippen molar-refractivity contribution in [3.8, 4) is 0 Å². The van der Waals surface area contributed by atoms with Crippen molar-refractivity contribution >= 4 is 44.5 Å². The molecule has 3 aromatic heterocycles. The Morgan fingerprint density at radius 1 is 1.34 bits per heavy atom. The van der Waals surface area contributed by atoms with Gasteiger partial charge in [-0.15, -0.1) is 0 Å². The van der Waals surface area contributed by atoms with Crippen LogP contribution in [0.15, 0.2) is 33.7 Å². The zero-order valence-corrected chi connectivity index (χ0v) is 19.8. The van der Waals surface area contributed by atoms with Gasteiger partial charge in [0.25, 0.3) is 0 Å². The number of hydrogen-bond acceptors (Lipinski definition) is 7. The molecule has 3 aromatic rings. The van der Waals surface area contributed by atoms with Gasteiger partial charge in [-0.3, -0.25) is 14.4 Å².